The molecule has 0 bridgehead atoms. The summed E-state index contributed by atoms with van der Waals surface area (Å²) < 4.78 is 0.938. The smallest absolute Gasteiger partial charge is 0.112 e. The fraction of sp³-hybridized carbons (Fsp3) is 0.125. The van der Waals surface area contributed by atoms with Gasteiger partial charge in [-0.15, -0.1) is 0 Å². The van der Waals surface area contributed by atoms with Crippen LogP contribution in [0.5, 0.6) is 0 Å². The van der Waals surface area contributed by atoms with Crippen molar-refractivity contribution < 1.29 is 0 Å². The highest BCUT2D eigenvalue weighted by Gasteiger charge is 2.11. The summed E-state index contributed by atoms with van der Waals surface area (Å²) in [6, 6.07) is 12.3. The number of hydrogen-bond acceptors (Lipinski definition) is 3. The average molecular weight is 328 g/mol. The maximum absolute atomic E-state index is 4.51. The zero-order valence-corrected chi connectivity index (χ0v) is 12.9. The van der Waals surface area contributed by atoms with E-state index in [1.807, 2.05) is 30.5 Å². The molecule has 0 spiro atoms. The Morgan fingerprint density at radius 3 is 2.65 bits per heavy atom. The molecule has 4 heteroatoms. The van der Waals surface area contributed by atoms with Crippen LogP contribution in [0.2, 0.25) is 0 Å². The van der Waals surface area contributed by atoms with Gasteiger partial charge in [0, 0.05) is 29.6 Å². The number of para-hydroxylation sites is 1. The molecule has 0 unspecified atom stereocenters. The predicted molar refractivity (Wildman–Crippen MR) is 86.5 cm³/mol. The summed E-state index contributed by atoms with van der Waals surface area (Å²) in [7, 11) is 2.06. The second-order valence-electron chi connectivity index (χ2n) is 4.70. The average Bonchev–Trinajstić information content (AvgIpc) is 2.46. The number of anilines is 2. The molecule has 3 aromatic rings. The van der Waals surface area contributed by atoms with E-state index >= 15 is 0 Å². The fourth-order valence-electron chi connectivity index (χ4n) is 2.33. The van der Waals surface area contributed by atoms with Crippen LogP contribution in [-0.2, 0) is 0 Å². The Bertz CT molecular complexity index is 771. The van der Waals surface area contributed by atoms with Gasteiger partial charge in [0.25, 0.3) is 0 Å². The molecule has 0 radical (unpaired) electrons. The molecular formula is C16H14BrN3. The summed E-state index contributed by atoms with van der Waals surface area (Å²) in [5.41, 5.74) is 5.25. The first-order valence-corrected chi connectivity index (χ1v) is 7.16. The molecule has 100 valence electrons. The van der Waals surface area contributed by atoms with Crippen molar-refractivity contribution in [2.75, 3.05) is 11.9 Å². The number of fused-ring (bicyclic) bond motifs is 1. The topological polar surface area (TPSA) is 29.0 Å². The lowest BCUT2D eigenvalue weighted by Crippen LogP contribution is -2.11. The minimum atomic E-state index is 0.886. The van der Waals surface area contributed by atoms with Crippen molar-refractivity contribution in [3.05, 3.63) is 58.8 Å². The normalized spacial score (nSPS) is 10.8. The number of hydrogen-bond donors (Lipinski definition) is 0. The Hall–Kier alpha value is -1.94. The number of aromatic nitrogens is 2. The molecule has 3 rings (SSSR count). The lowest BCUT2D eigenvalue weighted by Gasteiger charge is -2.22. The number of nitrogens with zero attached hydrogens (tertiary/aromatic N) is 3. The van der Waals surface area contributed by atoms with Crippen LogP contribution in [-0.4, -0.2) is 17.0 Å². The summed E-state index contributed by atoms with van der Waals surface area (Å²) >= 11 is 3.43. The summed E-state index contributed by atoms with van der Waals surface area (Å²) in [6.07, 6.45) is 3.62. The molecule has 0 saturated carbocycles. The highest BCUT2D eigenvalue weighted by molar-refractivity contribution is 9.10. The van der Waals surface area contributed by atoms with Crippen molar-refractivity contribution in [2.45, 2.75) is 6.92 Å². The van der Waals surface area contributed by atoms with Crippen LogP contribution >= 0.6 is 15.9 Å². The van der Waals surface area contributed by atoms with Crippen LogP contribution < -0.4 is 4.90 Å². The molecule has 0 amide bonds. The van der Waals surface area contributed by atoms with Crippen molar-refractivity contribution in [2.24, 2.45) is 0 Å². The Labute approximate surface area is 126 Å². The Balaban J connectivity index is 2.17. The van der Waals surface area contributed by atoms with Gasteiger partial charge in [0.05, 0.1) is 11.2 Å². The molecule has 1 aromatic carbocycles. The number of benzene rings is 1. The number of halogens is 1. The molecule has 0 aliphatic heterocycles. The van der Waals surface area contributed by atoms with Gasteiger partial charge in [0.2, 0.25) is 0 Å². The van der Waals surface area contributed by atoms with E-state index in [4.69, 9.17) is 0 Å². The third-order valence-electron chi connectivity index (χ3n) is 3.36. The molecule has 0 saturated heterocycles. The lowest BCUT2D eigenvalue weighted by atomic mass is 10.1. The van der Waals surface area contributed by atoms with Crippen molar-refractivity contribution in [1.29, 1.82) is 0 Å². The molecule has 0 aliphatic rings. The maximum atomic E-state index is 4.51. The van der Waals surface area contributed by atoms with Crippen molar-refractivity contribution >= 4 is 38.3 Å². The highest BCUT2D eigenvalue weighted by Crippen LogP contribution is 2.31. The van der Waals surface area contributed by atoms with Gasteiger partial charge in [-0.3, -0.25) is 9.97 Å². The highest BCUT2D eigenvalue weighted by atomic mass is 79.9. The first kappa shape index (κ1) is 13.1. The molecule has 3 nitrogen and oxygen atoms in total. The van der Waals surface area contributed by atoms with E-state index < -0.39 is 0 Å². The zero-order chi connectivity index (χ0) is 14.1. The maximum Gasteiger partial charge on any atom is 0.112 e. The summed E-state index contributed by atoms with van der Waals surface area (Å²) in [5.74, 6) is 0. The molecule has 0 aliphatic carbocycles. The lowest BCUT2D eigenvalue weighted by molar-refractivity contribution is 1.17. The number of rotatable bonds is 2. The minimum Gasteiger partial charge on any atom is -0.343 e. The molecule has 0 atom stereocenters. The second-order valence-corrected chi connectivity index (χ2v) is 5.61. The molecule has 20 heavy (non-hydrogen) atoms. The van der Waals surface area contributed by atoms with Crippen molar-refractivity contribution in [3.63, 3.8) is 0 Å². The van der Waals surface area contributed by atoms with E-state index in [0.717, 1.165) is 21.2 Å². The van der Waals surface area contributed by atoms with Crippen LogP contribution in [0.4, 0.5) is 11.4 Å². The van der Waals surface area contributed by atoms with Gasteiger partial charge in [-0.05, 0) is 46.6 Å². The second kappa shape index (κ2) is 5.21. The van der Waals surface area contributed by atoms with Gasteiger partial charge >= 0.3 is 0 Å². The van der Waals surface area contributed by atoms with E-state index in [1.165, 1.54) is 11.3 Å². The van der Waals surface area contributed by atoms with Crippen LogP contribution in [0.25, 0.3) is 11.0 Å². The third kappa shape index (κ3) is 2.27. The van der Waals surface area contributed by atoms with Gasteiger partial charge in [0.15, 0.2) is 0 Å². The molecule has 2 heterocycles. The Kier molecular flexibility index (Phi) is 3.40. The fourth-order valence-corrected chi connectivity index (χ4v) is 2.65. The summed E-state index contributed by atoms with van der Waals surface area (Å²) in [5, 5.41) is 0. The molecule has 0 fully saturated rings. The third-order valence-corrected chi connectivity index (χ3v) is 3.79. The quantitative estimate of drug-likeness (QED) is 0.695. The Morgan fingerprint density at radius 2 is 1.85 bits per heavy atom. The van der Waals surface area contributed by atoms with Crippen LogP contribution in [0.3, 0.4) is 0 Å². The van der Waals surface area contributed by atoms with Crippen LogP contribution in [0.15, 0.2) is 53.3 Å². The van der Waals surface area contributed by atoms with E-state index in [1.54, 1.807) is 6.20 Å². The first-order valence-electron chi connectivity index (χ1n) is 6.36. The van der Waals surface area contributed by atoms with Crippen LogP contribution in [0, 0.1) is 6.92 Å². The predicted octanol–water partition coefficient (Wildman–Crippen LogP) is 4.47. The van der Waals surface area contributed by atoms with E-state index in [9.17, 15) is 0 Å². The van der Waals surface area contributed by atoms with Crippen molar-refractivity contribution in [3.8, 4) is 0 Å². The summed E-state index contributed by atoms with van der Waals surface area (Å²) in [6.45, 7) is 2.11. The SMILES string of the molecule is Cc1ccccc1N(C)c1ccnc2cc(Br)cnc12. The van der Waals surface area contributed by atoms with Gasteiger partial charge in [-0.2, -0.15) is 0 Å². The number of pyridine rings is 2. The molecular weight excluding hydrogens is 314 g/mol. The Morgan fingerprint density at radius 1 is 1.05 bits per heavy atom. The zero-order valence-electron chi connectivity index (χ0n) is 11.3. The van der Waals surface area contributed by atoms with E-state index in [2.05, 4.69) is 56.9 Å². The largest absolute Gasteiger partial charge is 0.343 e. The van der Waals surface area contributed by atoms with Gasteiger partial charge in [-0.25, -0.2) is 0 Å². The van der Waals surface area contributed by atoms with Gasteiger partial charge in [0.1, 0.15) is 5.52 Å². The molecule has 2 aromatic heterocycles. The number of aryl methyl sites for hydroxylation is 1. The summed E-state index contributed by atoms with van der Waals surface area (Å²) in [4.78, 5) is 11.0. The van der Waals surface area contributed by atoms with Gasteiger partial charge in [-0.1, -0.05) is 18.2 Å². The first-order chi connectivity index (χ1) is 9.66. The van der Waals surface area contributed by atoms with Crippen molar-refractivity contribution in [1.82, 2.24) is 9.97 Å². The van der Waals surface area contributed by atoms with Gasteiger partial charge < -0.3 is 4.90 Å². The van der Waals surface area contributed by atoms with E-state index in [0.29, 0.717) is 0 Å². The van der Waals surface area contributed by atoms with Crippen LogP contribution in [0.1, 0.15) is 5.56 Å². The molecule has 0 N–H and O–H groups in total. The minimum absolute atomic E-state index is 0.886. The van der Waals surface area contributed by atoms with E-state index in [-0.39, 0.29) is 0 Å². The standard InChI is InChI=1S/C16H14BrN3/c1-11-5-3-4-6-14(11)20(2)15-7-8-18-13-9-12(17)10-19-16(13)15/h3-10H,1-2H3. The monoisotopic (exact) mass is 327 g/mol.